The molecule has 0 amide bonds. The number of hydrogen-bond acceptors (Lipinski definition) is 3. The Hall–Kier alpha value is 0.531. The summed E-state index contributed by atoms with van der Waals surface area (Å²) < 4.78 is 14.5. The zero-order chi connectivity index (χ0) is 11.4. The summed E-state index contributed by atoms with van der Waals surface area (Å²) in [5.41, 5.74) is 0. The summed E-state index contributed by atoms with van der Waals surface area (Å²) in [6.07, 6.45) is 0. The van der Waals surface area contributed by atoms with Crippen molar-refractivity contribution in [1.82, 2.24) is 4.57 Å². The van der Waals surface area contributed by atoms with E-state index in [1.54, 1.807) is 0 Å². The molecule has 0 N–H and O–H groups in total. The third-order valence-electron chi connectivity index (χ3n) is 2.08. The average molecular weight is 252 g/mol. The van der Waals surface area contributed by atoms with Gasteiger partial charge in [0.1, 0.15) is 0 Å². The third-order valence-corrected chi connectivity index (χ3v) is 11.0. The van der Waals surface area contributed by atoms with Gasteiger partial charge in [0.15, 0.2) is 18.1 Å². The first-order valence-electron chi connectivity index (χ1n) is 5.38. The van der Waals surface area contributed by atoms with Crippen molar-refractivity contribution in [3.8, 4) is 0 Å². The highest BCUT2D eigenvalue weighted by Gasteiger charge is 2.38. The van der Waals surface area contributed by atoms with Crippen LogP contribution in [0, 0.1) is 0 Å². The first-order chi connectivity index (χ1) is 6.31. The van der Waals surface area contributed by atoms with Gasteiger partial charge in [0, 0.05) is 0 Å². The summed E-state index contributed by atoms with van der Waals surface area (Å²) in [7, 11) is -1.93. The maximum atomic E-state index is 6.12. The summed E-state index contributed by atoms with van der Waals surface area (Å²) in [4.78, 5) is 0. The van der Waals surface area contributed by atoms with Gasteiger partial charge >= 0.3 is 8.72 Å². The van der Waals surface area contributed by atoms with Gasteiger partial charge in [-0.2, -0.15) is 0 Å². The zero-order valence-electron chi connectivity index (χ0n) is 10.6. The Morgan fingerprint density at radius 2 is 1.43 bits per heavy atom. The highest BCUT2D eigenvalue weighted by Crippen LogP contribution is 2.14. The van der Waals surface area contributed by atoms with Gasteiger partial charge in [-0.15, -0.1) is 0 Å². The van der Waals surface area contributed by atoms with Crippen molar-refractivity contribution in [3.63, 3.8) is 0 Å². The lowest BCUT2D eigenvalue weighted by Crippen LogP contribution is -2.58. The van der Waals surface area contributed by atoms with E-state index in [0.717, 1.165) is 6.54 Å². The molecule has 0 aliphatic heterocycles. The maximum Gasteiger partial charge on any atom is 0.403 e. The van der Waals surface area contributed by atoms with Crippen molar-refractivity contribution in [2.24, 2.45) is 0 Å². The van der Waals surface area contributed by atoms with E-state index in [4.69, 9.17) is 8.23 Å². The number of hydrogen-bond donors (Lipinski definition) is 0. The van der Waals surface area contributed by atoms with Crippen molar-refractivity contribution < 1.29 is 8.23 Å². The van der Waals surface area contributed by atoms with Crippen LogP contribution in [-0.4, -0.2) is 45.0 Å². The third kappa shape index (κ3) is 4.85. The lowest BCUT2D eigenvalue weighted by molar-refractivity contribution is 0.296. The minimum atomic E-state index is -2.02. The number of rotatable bonds is 6. The second-order valence-corrected chi connectivity index (χ2v) is 12.9. The zero-order valence-corrected chi connectivity index (χ0v) is 13.9. The van der Waals surface area contributed by atoms with Crippen molar-refractivity contribution in [2.75, 3.05) is 13.6 Å². The van der Waals surface area contributed by atoms with Crippen molar-refractivity contribution in [1.29, 1.82) is 0 Å². The van der Waals surface area contributed by atoms with Gasteiger partial charge in [0.2, 0.25) is 0 Å². The SMILES string of the molecule is CCN(C)[Si](C)(O[SiH](C)C)O[SiH](C)C. The standard InChI is InChI=1S/C8H25NO2Si3/c1-8-9(2)14(7,10-12(3)4)11-13(5)6/h12-13H,8H2,1-7H3. The van der Waals surface area contributed by atoms with E-state index < -0.39 is 26.8 Å². The van der Waals surface area contributed by atoms with Gasteiger partial charge in [-0.25, -0.2) is 0 Å². The molecule has 6 heteroatoms. The predicted octanol–water partition coefficient (Wildman–Crippen LogP) is 1.51. The van der Waals surface area contributed by atoms with Gasteiger partial charge in [-0.05, 0) is 46.3 Å². The second-order valence-electron chi connectivity index (χ2n) is 4.25. The molecule has 0 spiro atoms. The fourth-order valence-corrected chi connectivity index (χ4v) is 11.1. The van der Waals surface area contributed by atoms with Gasteiger partial charge in [-0.1, -0.05) is 6.92 Å². The van der Waals surface area contributed by atoms with Crippen LogP contribution < -0.4 is 0 Å². The van der Waals surface area contributed by atoms with E-state index in [0.29, 0.717) is 0 Å². The molecule has 0 saturated heterocycles. The van der Waals surface area contributed by atoms with Crippen LogP contribution in [0.3, 0.4) is 0 Å². The number of nitrogens with zero attached hydrogens (tertiary/aromatic N) is 1. The van der Waals surface area contributed by atoms with Crippen molar-refractivity contribution >= 4 is 26.8 Å². The maximum absolute atomic E-state index is 6.12. The summed E-state index contributed by atoms with van der Waals surface area (Å²) in [5, 5.41) is 0. The molecule has 0 aromatic heterocycles. The van der Waals surface area contributed by atoms with E-state index >= 15 is 0 Å². The normalized spacial score (nSPS) is 13.3. The Labute approximate surface area is 93.2 Å². The molecule has 3 nitrogen and oxygen atoms in total. The van der Waals surface area contributed by atoms with Gasteiger partial charge in [-0.3, -0.25) is 4.57 Å². The quantitative estimate of drug-likeness (QED) is 0.668. The van der Waals surface area contributed by atoms with Crippen molar-refractivity contribution in [2.45, 2.75) is 39.7 Å². The van der Waals surface area contributed by atoms with Crippen LogP contribution in [0.4, 0.5) is 0 Å². The Morgan fingerprint density at radius 1 is 1.07 bits per heavy atom. The molecule has 0 unspecified atom stereocenters. The first-order valence-corrected chi connectivity index (χ1v) is 13.2. The van der Waals surface area contributed by atoms with E-state index in [9.17, 15) is 0 Å². The van der Waals surface area contributed by atoms with Crippen LogP contribution in [0.1, 0.15) is 6.92 Å². The Balaban J connectivity index is 4.48. The van der Waals surface area contributed by atoms with E-state index in [1.165, 1.54) is 0 Å². The molecule has 0 rings (SSSR count). The summed E-state index contributed by atoms with van der Waals surface area (Å²) in [6.45, 7) is 14.2. The fraction of sp³-hybridized carbons (Fsp3) is 1.00. The topological polar surface area (TPSA) is 21.7 Å². The molecular weight excluding hydrogens is 226 g/mol. The molecule has 86 valence electrons. The van der Waals surface area contributed by atoms with Crippen LogP contribution in [0.5, 0.6) is 0 Å². The molecule has 0 heterocycles. The Morgan fingerprint density at radius 3 is 1.64 bits per heavy atom. The minimum Gasteiger partial charge on any atom is -0.428 e. The fourth-order valence-electron chi connectivity index (χ4n) is 1.37. The van der Waals surface area contributed by atoms with E-state index in [2.05, 4.69) is 51.3 Å². The minimum absolute atomic E-state index is 1.00. The van der Waals surface area contributed by atoms with Crippen LogP contribution in [0.15, 0.2) is 0 Å². The highest BCUT2D eigenvalue weighted by molar-refractivity contribution is 6.77. The second kappa shape index (κ2) is 6.19. The Kier molecular flexibility index (Phi) is 6.42. The summed E-state index contributed by atoms with van der Waals surface area (Å²) >= 11 is 0. The molecule has 0 aromatic rings. The Bertz CT molecular complexity index is 157. The van der Waals surface area contributed by atoms with Crippen LogP contribution in [0.25, 0.3) is 0 Å². The molecule has 0 atom stereocenters. The molecule has 14 heavy (non-hydrogen) atoms. The largest absolute Gasteiger partial charge is 0.428 e. The molecule has 0 bridgehead atoms. The van der Waals surface area contributed by atoms with Crippen LogP contribution in [-0.2, 0) is 8.23 Å². The highest BCUT2D eigenvalue weighted by atomic mass is 28.5. The average Bonchev–Trinajstić information content (AvgIpc) is 1.99. The van der Waals surface area contributed by atoms with Crippen LogP contribution in [0.2, 0.25) is 32.7 Å². The molecule has 0 aromatic carbocycles. The first kappa shape index (κ1) is 14.5. The summed E-state index contributed by atoms with van der Waals surface area (Å²) in [5.74, 6) is 0. The van der Waals surface area contributed by atoms with Gasteiger partial charge in [0.25, 0.3) is 0 Å². The molecule has 0 saturated carbocycles. The smallest absolute Gasteiger partial charge is 0.403 e. The molecule has 0 radical (unpaired) electrons. The van der Waals surface area contributed by atoms with Gasteiger partial charge in [0.05, 0.1) is 0 Å². The molecule has 0 aliphatic rings. The summed E-state index contributed by atoms with van der Waals surface area (Å²) in [6, 6.07) is 0. The van der Waals surface area contributed by atoms with Crippen molar-refractivity contribution in [3.05, 3.63) is 0 Å². The van der Waals surface area contributed by atoms with E-state index in [1.807, 2.05) is 0 Å². The lowest BCUT2D eigenvalue weighted by atomic mass is 10.8. The monoisotopic (exact) mass is 251 g/mol. The molecular formula is C8H25NO2Si3. The molecule has 0 aliphatic carbocycles. The lowest BCUT2D eigenvalue weighted by Gasteiger charge is -2.37. The van der Waals surface area contributed by atoms with E-state index in [-0.39, 0.29) is 0 Å². The predicted molar refractivity (Wildman–Crippen MR) is 69.8 cm³/mol. The van der Waals surface area contributed by atoms with Gasteiger partial charge < -0.3 is 8.23 Å². The molecule has 0 fully saturated rings. The van der Waals surface area contributed by atoms with Crippen LogP contribution >= 0.6 is 0 Å².